The Kier molecular flexibility index (Phi) is 5.16. The van der Waals surface area contributed by atoms with Crippen LogP contribution in [-0.4, -0.2) is 18.3 Å². The number of hydrogen-bond acceptors (Lipinski definition) is 3. The third-order valence-electron chi connectivity index (χ3n) is 2.24. The van der Waals surface area contributed by atoms with E-state index in [1.54, 1.807) is 12.1 Å². The predicted molar refractivity (Wildman–Crippen MR) is 71.3 cm³/mol. The molecule has 1 aromatic rings. The fourth-order valence-electron chi connectivity index (χ4n) is 1.55. The molecule has 0 aliphatic rings. The number of aryl methyl sites for hydroxylation is 1. The Balaban J connectivity index is 2.99. The van der Waals surface area contributed by atoms with E-state index in [1.807, 2.05) is 13.8 Å². The smallest absolute Gasteiger partial charge is 0.231 e. The second-order valence-electron chi connectivity index (χ2n) is 3.96. The molecule has 1 rings (SSSR count). The molecule has 18 heavy (non-hydrogen) atoms. The topological polar surface area (TPSA) is 55.4 Å². The van der Waals surface area contributed by atoms with Crippen LogP contribution in [0.25, 0.3) is 0 Å². The lowest BCUT2D eigenvalue weighted by molar-refractivity contribution is -0.124. The summed E-state index contributed by atoms with van der Waals surface area (Å²) in [7, 11) is 0. The number of ketones is 1. The fraction of sp³-hybridized carbons (Fsp3) is 0.385. The summed E-state index contributed by atoms with van der Waals surface area (Å²) < 4.78 is 5.42. The van der Waals surface area contributed by atoms with Gasteiger partial charge in [0, 0.05) is 11.1 Å². The van der Waals surface area contributed by atoms with E-state index in [-0.39, 0.29) is 18.1 Å². The number of rotatable bonds is 5. The first-order valence-electron chi connectivity index (χ1n) is 5.66. The van der Waals surface area contributed by atoms with Crippen LogP contribution in [0.15, 0.2) is 12.1 Å². The summed E-state index contributed by atoms with van der Waals surface area (Å²) in [6, 6.07) is 3.37. The van der Waals surface area contributed by atoms with Crippen molar-refractivity contribution in [1.82, 2.24) is 0 Å². The second kappa shape index (κ2) is 6.40. The molecular formula is C13H16ClNO3. The van der Waals surface area contributed by atoms with Crippen molar-refractivity contribution in [3.63, 3.8) is 0 Å². The molecule has 0 spiro atoms. The Hall–Kier alpha value is -1.55. The van der Waals surface area contributed by atoms with Gasteiger partial charge in [0.2, 0.25) is 5.91 Å². The molecule has 0 atom stereocenters. The zero-order chi connectivity index (χ0) is 13.7. The summed E-state index contributed by atoms with van der Waals surface area (Å²) in [5.74, 6) is -0.0228. The quantitative estimate of drug-likeness (QED) is 0.836. The molecule has 5 heteroatoms. The van der Waals surface area contributed by atoms with Crippen molar-refractivity contribution >= 4 is 29.0 Å². The third kappa shape index (κ3) is 4.04. The number of amides is 1. The molecule has 0 aromatic heterocycles. The molecule has 1 aromatic carbocycles. The van der Waals surface area contributed by atoms with Crippen molar-refractivity contribution in [2.75, 3.05) is 11.9 Å². The highest BCUT2D eigenvalue weighted by Crippen LogP contribution is 2.32. The summed E-state index contributed by atoms with van der Waals surface area (Å²) in [4.78, 5) is 22.5. The molecule has 0 saturated carbocycles. The Labute approximate surface area is 111 Å². The minimum absolute atomic E-state index is 0.145. The van der Waals surface area contributed by atoms with Crippen LogP contribution in [0, 0.1) is 6.92 Å². The van der Waals surface area contributed by atoms with Gasteiger partial charge in [-0.2, -0.15) is 0 Å². The normalized spacial score (nSPS) is 10.0. The van der Waals surface area contributed by atoms with Gasteiger partial charge in [-0.3, -0.25) is 9.59 Å². The number of carbonyl (C=O) groups excluding carboxylic acids is 2. The molecule has 1 N–H and O–H groups in total. The third-order valence-corrected chi connectivity index (χ3v) is 2.46. The molecule has 0 heterocycles. The van der Waals surface area contributed by atoms with Crippen LogP contribution in [0.1, 0.15) is 25.8 Å². The van der Waals surface area contributed by atoms with Gasteiger partial charge in [0.15, 0.2) is 0 Å². The SMILES string of the molecule is CCOc1cc(Cl)cc(C)c1NC(=O)CC(C)=O. The van der Waals surface area contributed by atoms with Gasteiger partial charge in [0.1, 0.15) is 11.5 Å². The number of nitrogens with one attached hydrogen (secondary N) is 1. The van der Waals surface area contributed by atoms with Crippen molar-refractivity contribution in [1.29, 1.82) is 0 Å². The molecule has 0 saturated heterocycles. The average Bonchev–Trinajstić information content (AvgIpc) is 2.22. The van der Waals surface area contributed by atoms with Crippen molar-refractivity contribution in [2.45, 2.75) is 27.2 Å². The lowest BCUT2D eigenvalue weighted by atomic mass is 10.1. The van der Waals surface area contributed by atoms with Crippen LogP contribution in [0.5, 0.6) is 5.75 Å². The summed E-state index contributed by atoms with van der Waals surface area (Å²) in [5, 5.41) is 3.22. The Morgan fingerprint density at radius 1 is 1.39 bits per heavy atom. The highest BCUT2D eigenvalue weighted by molar-refractivity contribution is 6.31. The summed E-state index contributed by atoms with van der Waals surface area (Å²) >= 11 is 5.93. The average molecular weight is 270 g/mol. The number of halogens is 1. The minimum Gasteiger partial charge on any atom is -0.492 e. The molecular weight excluding hydrogens is 254 g/mol. The number of anilines is 1. The lowest BCUT2D eigenvalue weighted by Crippen LogP contribution is -2.16. The van der Waals surface area contributed by atoms with Crippen LogP contribution >= 0.6 is 11.6 Å². The molecule has 0 unspecified atom stereocenters. The van der Waals surface area contributed by atoms with Crippen molar-refractivity contribution in [3.05, 3.63) is 22.7 Å². The van der Waals surface area contributed by atoms with E-state index in [0.29, 0.717) is 23.1 Å². The van der Waals surface area contributed by atoms with E-state index in [9.17, 15) is 9.59 Å². The Bertz CT molecular complexity index is 472. The summed E-state index contributed by atoms with van der Waals surface area (Å²) in [6.45, 7) is 5.50. The van der Waals surface area contributed by atoms with Gasteiger partial charge < -0.3 is 10.1 Å². The van der Waals surface area contributed by atoms with Crippen molar-refractivity contribution < 1.29 is 14.3 Å². The zero-order valence-corrected chi connectivity index (χ0v) is 11.4. The largest absolute Gasteiger partial charge is 0.492 e. The molecule has 0 radical (unpaired) electrons. The highest BCUT2D eigenvalue weighted by atomic mass is 35.5. The van der Waals surface area contributed by atoms with Crippen LogP contribution in [0.3, 0.4) is 0 Å². The molecule has 0 fully saturated rings. The summed E-state index contributed by atoms with van der Waals surface area (Å²) in [6.07, 6.45) is -0.145. The van der Waals surface area contributed by atoms with Gasteiger partial charge in [0.05, 0.1) is 18.7 Å². The van der Waals surface area contributed by atoms with Gasteiger partial charge in [-0.25, -0.2) is 0 Å². The minimum atomic E-state index is -0.353. The number of ether oxygens (including phenoxy) is 1. The van der Waals surface area contributed by atoms with Crippen LogP contribution in [-0.2, 0) is 9.59 Å². The monoisotopic (exact) mass is 269 g/mol. The highest BCUT2D eigenvalue weighted by Gasteiger charge is 2.13. The molecule has 0 bridgehead atoms. The van der Waals surface area contributed by atoms with E-state index < -0.39 is 0 Å². The van der Waals surface area contributed by atoms with Gasteiger partial charge in [-0.15, -0.1) is 0 Å². The van der Waals surface area contributed by atoms with E-state index in [1.165, 1.54) is 6.92 Å². The first-order valence-corrected chi connectivity index (χ1v) is 6.04. The molecule has 0 aliphatic carbocycles. The number of benzene rings is 1. The summed E-state index contributed by atoms with van der Waals surface area (Å²) in [5.41, 5.74) is 1.36. The first-order chi connectivity index (χ1) is 8.43. The molecule has 98 valence electrons. The second-order valence-corrected chi connectivity index (χ2v) is 4.39. The zero-order valence-electron chi connectivity index (χ0n) is 10.7. The van der Waals surface area contributed by atoms with Gasteiger partial charge >= 0.3 is 0 Å². The van der Waals surface area contributed by atoms with Gasteiger partial charge in [-0.1, -0.05) is 11.6 Å². The van der Waals surface area contributed by atoms with E-state index in [4.69, 9.17) is 16.3 Å². The standard InChI is InChI=1S/C13H16ClNO3/c1-4-18-11-7-10(14)5-8(2)13(11)15-12(17)6-9(3)16/h5,7H,4,6H2,1-3H3,(H,15,17). The van der Waals surface area contributed by atoms with Crippen molar-refractivity contribution in [3.8, 4) is 5.75 Å². The fourth-order valence-corrected chi connectivity index (χ4v) is 1.81. The predicted octanol–water partition coefficient (Wildman–Crippen LogP) is 2.96. The molecule has 4 nitrogen and oxygen atoms in total. The Morgan fingerprint density at radius 2 is 2.06 bits per heavy atom. The maximum absolute atomic E-state index is 11.6. The van der Waals surface area contributed by atoms with Gasteiger partial charge in [-0.05, 0) is 32.4 Å². The number of Topliss-reactive ketones (excluding diaryl/α,β-unsaturated/α-hetero) is 1. The van der Waals surface area contributed by atoms with E-state index >= 15 is 0 Å². The first kappa shape index (κ1) is 14.5. The van der Waals surface area contributed by atoms with E-state index in [2.05, 4.69) is 5.32 Å². The van der Waals surface area contributed by atoms with Crippen LogP contribution in [0.4, 0.5) is 5.69 Å². The van der Waals surface area contributed by atoms with Crippen molar-refractivity contribution in [2.24, 2.45) is 0 Å². The van der Waals surface area contributed by atoms with E-state index in [0.717, 1.165) is 5.56 Å². The molecule has 0 aliphatic heterocycles. The Morgan fingerprint density at radius 3 is 2.61 bits per heavy atom. The van der Waals surface area contributed by atoms with Crippen LogP contribution in [0.2, 0.25) is 5.02 Å². The molecule has 1 amide bonds. The lowest BCUT2D eigenvalue weighted by Gasteiger charge is -2.14. The maximum Gasteiger partial charge on any atom is 0.231 e. The maximum atomic E-state index is 11.6. The van der Waals surface area contributed by atoms with Gasteiger partial charge in [0.25, 0.3) is 0 Å². The number of hydrogen-bond donors (Lipinski definition) is 1. The number of carbonyl (C=O) groups is 2. The van der Waals surface area contributed by atoms with Crippen LogP contribution < -0.4 is 10.1 Å².